The summed E-state index contributed by atoms with van der Waals surface area (Å²) in [5.41, 5.74) is 0. The number of esters is 2. The molecule has 0 spiro atoms. The predicted octanol–water partition coefficient (Wildman–Crippen LogP) is 11.1. The van der Waals surface area contributed by atoms with Crippen LogP contribution in [0.2, 0.25) is 0 Å². The van der Waals surface area contributed by atoms with Crippen LogP contribution in [0.1, 0.15) is 149 Å². The molecule has 11 heteroatoms. The topological polar surface area (TPSA) is 131 Å². The monoisotopic (exact) mass is 848 g/mol. The number of carbonyl (C=O) groups excluding carboxylic acids is 2. The number of ether oxygens (including phenoxy) is 2. The lowest BCUT2D eigenvalue weighted by Gasteiger charge is -2.28. The van der Waals surface area contributed by atoms with Gasteiger partial charge < -0.3 is 33.0 Å². The Hall–Kier alpha value is -2.85. The molecule has 1 unspecified atom stereocenters. The van der Waals surface area contributed by atoms with Crippen LogP contribution < -0.4 is 4.89 Å². The normalized spacial score (nSPS) is 14.9. The molecule has 1 N–H and O–H groups in total. The molecule has 59 heavy (non-hydrogen) atoms. The average molecular weight is 848 g/mol. The van der Waals surface area contributed by atoms with Gasteiger partial charge in [-0.05, 0) is 103 Å². The number of phosphoric acid groups is 1. The van der Waals surface area contributed by atoms with Crippen molar-refractivity contribution in [2.75, 3.05) is 47.5 Å². The Labute approximate surface area is 359 Å². The molecule has 0 aliphatic carbocycles. The number of quaternary nitrogens is 1. The smallest absolute Gasteiger partial charge is 0.306 e. The number of aliphatic hydroxyl groups excluding tert-OH is 1. The van der Waals surface area contributed by atoms with E-state index in [1.54, 1.807) is 0 Å². The zero-order valence-electron chi connectivity index (χ0n) is 37.5. The molecular weight excluding hydrogens is 766 g/mol. The van der Waals surface area contributed by atoms with Crippen LogP contribution in [0.5, 0.6) is 0 Å². The van der Waals surface area contributed by atoms with E-state index in [1.807, 2.05) is 34.1 Å². The number of likely N-dealkylation sites (N-methyl/N-ethyl adjacent to an activating group) is 1. The van der Waals surface area contributed by atoms with Gasteiger partial charge in [-0.25, -0.2) is 0 Å². The summed E-state index contributed by atoms with van der Waals surface area (Å²) in [7, 11) is 1.09. The van der Waals surface area contributed by atoms with Gasteiger partial charge in [-0.1, -0.05) is 118 Å². The van der Waals surface area contributed by atoms with Crippen LogP contribution in [0, 0.1) is 0 Å². The summed E-state index contributed by atoms with van der Waals surface area (Å²) in [6.07, 6.45) is 47.5. The Morgan fingerprint density at radius 3 is 1.58 bits per heavy atom. The average Bonchev–Trinajstić information content (AvgIpc) is 3.17. The van der Waals surface area contributed by atoms with E-state index in [9.17, 15) is 24.2 Å². The van der Waals surface area contributed by atoms with E-state index >= 15 is 0 Å². The predicted molar refractivity (Wildman–Crippen MR) is 242 cm³/mol. The van der Waals surface area contributed by atoms with Crippen molar-refractivity contribution in [3.63, 3.8) is 0 Å². The van der Waals surface area contributed by atoms with Gasteiger partial charge in [0.25, 0.3) is 7.82 Å². The Morgan fingerprint density at radius 1 is 0.610 bits per heavy atom. The number of hydrogen-bond acceptors (Lipinski definition) is 9. The highest BCUT2D eigenvalue weighted by atomic mass is 31.2. The van der Waals surface area contributed by atoms with E-state index in [0.29, 0.717) is 30.3 Å². The molecule has 0 amide bonds. The summed E-state index contributed by atoms with van der Waals surface area (Å²) in [5, 5.41) is 9.28. The van der Waals surface area contributed by atoms with E-state index in [4.69, 9.17) is 18.5 Å². The molecule has 0 aromatic rings. The standard InChI is InChI=1S/C48H82NO9P/c1-6-7-8-9-10-11-12-13-14-15-18-22-25-28-31-34-37-40-48(52)58-46(44-57-59(53,54)56-42-41-49(3,4)5)43-55-47(51)39-36-33-30-27-24-21-19-16-17-20-23-26-29-32-35-38-45(2)50/h10-11,13-14,17-22,26-27,29-30,45-46,50H,6-9,12,15-16,23-25,28,31-44H2,1-5H3/b11-10-,14-13-,20-17-,21-19-,22-18-,29-26-,30-27-/t45-,46-/m1/s1. The molecule has 10 nitrogen and oxygen atoms in total. The number of phosphoric ester groups is 1. The van der Waals surface area contributed by atoms with Crippen molar-refractivity contribution in [3.05, 3.63) is 85.1 Å². The maximum atomic E-state index is 12.7. The molecule has 0 heterocycles. The summed E-state index contributed by atoms with van der Waals surface area (Å²) in [4.78, 5) is 37.5. The van der Waals surface area contributed by atoms with Gasteiger partial charge in [0.2, 0.25) is 0 Å². The maximum Gasteiger partial charge on any atom is 0.306 e. The molecule has 338 valence electrons. The van der Waals surface area contributed by atoms with Gasteiger partial charge in [-0.15, -0.1) is 0 Å². The fraction of sp³-hybridized carbons (Fsp3) is 0.667. The quantitative estimate of drug-likeness (QED) is 0.0211. The number of allylic oxidation sites excluding steroid dienone is 14. The molecule has 0 aliphatic rings. The van der Waals surface area contributed by atoms with E-state index < -0.39 is 32.5 Å². The van der Waals surface area contributed by atoms with Crippen molar-refractivity contribution < 1.29 is 47.2 Å². The summed E-state index contributed by atoms with van der Waals surface area (Å²) in [6.45, 7) is 3.62. The first-order chi connectivity index (χ1) is 28.3. The van der Waals surface area contributed by atoms with Crippen molar-refractivity contribution in [1.29, 1.82) is 0 Å². The minimum Gasteiger partial charge on any atom is -0.756 e. The van der Waals surface area contributed by atoms with E-state index in [0.717, 1.165) is 77.0 Å². The van der Waals surface area contributed by atoms with E-state index in [-0.39, 0.29) is 32.2 Å². The largest absolute Gasteiger partial charge is 0.756 e. The summed E-state index contributed by atoms with van der Waals surface area (Å²) < 4.78 is 33.8. The number of nitrogens with zero attached hydrogens (tertiary/aromatic N) is 1. The molecule has 0 aromatic carbocycles. The van der Waals surface area contributed by atoms with Gasteiger partial charge in [-0.3, -0.25) is 14.2 Å². The number of hydrogen-bond donors (Lipinski definition) is 1. The lowest BCUT2D eigenvalue weighted by atomic mass is 10.1. The highest BCUT2D eigenvalue weighted by Crippen LogP contribution is 2.38. The maximum absolute atomic E-state index is 12.7. The Morgan fingerprint density at radius 2 is 1.07 bits per heavy atom. The van der Waals surface area contributed by atoms with Gasteiger partial charge in [0, 0.05) is 12.8 Å². The zero-order chi connectivity index (χ0) is 43.7. The third-order valence-electron chi connectivity index (χ3n) is 8.91. The molecule has 0 fully saturated rings. The molecule has 0 bridgehead atoms. The first-order valence-corrected chi connectivity index (χ1v) is 23.8. The third kappa shape index (κ3) is 44.5. The molecule has 0 rings (SSSR count). The Bertz CT molecular complexity index is 1290. The van der Waals surface area contributed by atoms with Crippen LogP contribution in [0.15, 0.2) is 85.1 Å². The van der Waals surface area contributed by atoms with Crippen LogP contribution in [0.3, 0.4) is 0 Å². The summed E-state index contributed by atoms with van der Waals surface area (Å²) in [5.74, 6) is -0.951. The summed E-state index contributed by atoms with van der Waals surface area (Å²) >= 11 is 0. The van der Waals surface area contributed by atoms with Crippen LogP contribution in [0.25, 0.3) is 0 Å². The number of unbranched alkanes of at least 4 members (excludes halogenated alkanes) is 9. The second kappa shape index (κ2) is 39.3. The molecule has 0 aromatic heterocycles. The van der Waals surface area contributed by atoms with Crippen molar-refractivity contribution in [1.82, 2.24) is 0 Å². The third-order valence-corrected chi connectivity index (χ3v) is 9.87. The van der Waals surface area contributed by atoms with Gasteiger partial charge in [0.15, 0.2) is 6.10 Å². The minimum atomic E-state index is -4.66. The fourth-order valence-corrected chi connectivity index (χ4v) is 6.10. The Balaban J connectivity index is 4.51. The van der Waals surface area contributed by atoms with E-state index in [2.05, 4.69) is 85.9 Å². The minimum absolute atomic E-state index is 0.0540. The van der Waals surface area contributed by atoms with Crippen molar-refractivity contribution in [2.24, 2.45) is 0 Å². The van der Waals surface area contributed by atoms with Gasteiger partial charge >= 0.3 is 11.9 Å². The highest BCUT2D eigenvalue weighted by molar-refractivity contribution is 7.45. The Kier molecular flexibility index (Phi) is 37.4. The second-order valence-electron chi connectivity index (χ2n) is 16.0. The van der Waals surface area contributed by atoms with E-state index in [1.165, 1.54) is 25.7 Å². The number of rotatable bonds is 39. The fourth-order valence-electron chi connectivity index (χ4n) is 5.38. The second-order valence-corrected chi connectivity index (χ2v) is 17.4. The van der Waals surface area contributed by atoms with Crippen molar-refractivity contribution in [2.45, 2.75) is 161 Å². The molecule has 3 atom stereocenters. The SMILES string of the molecule is CCCCC/C=C\C/C=C\C/C=C\CCCCCCC(=O)O[C@H](COC(=O)CCC/C=C\C/C=C\C/C=C\C/C=C\CCC[C@@H](C)O)COP(=O)([O-])OCC[N+](C)(C)C. The van der Waals surface area contributed by atoms with Crippen molar-refractivity contribution in [3.8, 4) is 0 Å². The van der Waals surface area contributed by atoms with Crippen LogP contribution in [-0.2, 0) is 32.7 Å². The first kappa shape index (κ1) is 56.1. The zero-order valence-corrected chi connectivity index (χ0v) is 38.4. The van der Waals surface area contributed by atoms with Gasteiger partial charge in [0.1, 0.15) is 19.8 Å². The van der Waals surface area contributed by atoms with Crippen LogP contribution >= 0.6 is 7.82 Å². The molecular formula is C48H82NO9P. The van der Waals surface area contributed by atoms with Gasteiger partial charge in [-0.2, -0.15) is 0 Å². The first-order valence-electron chi connectivity index (χ1n) is 22.3. The molecule has 0 aliphatic heterocycles. The highest BCUT2D eigenvalue weighted by Gasteiger charge is 2.21. The lowest BCUT2D eigenvalue weighted by molar-refractivity contribution is -0.870. The number of aliphatic hydroxyl groups is 1. The number of carbonyl (C=O) groups is 2. The lowest BCUT2D eigenvalue weighted by Crippen LogP contribution is -2.37. The van der Waals surface area contributed by atoms with Gasteiger partial charge in [0.05, 0.1) is 33.9 Å². The molecule has 0 radical (unpaired) electrons. The van der Waals surface area contributed by atoms with Crippen molar-refractivity contribution >= 4 is 19.8 Å². The molecule has 0 saturated heterocycles. The summed E-state index contributed by atoms with van der Waals surface area (Å²) in [6, 6.07) is 0. The molecule has 0 saturated carbocycles. The van der Waals surface area contributed by atoms with Crippen LogP contribution in [0.4, 0.5) is 0 Å². The van der Waals surface area contributed by atoms with Crippen LogP contribution in [-0.4, -0.2) is 81.2 Å².